The maximum Gasteiger partial charge on any atom is 0.226 e. The van der Waals surface area contributed by atoms with Crippen molar-refractivity contribution in [1.29, 1.82) is 0 Å². The molecule has 1 aromatic heterocycles. The van der Waals surface area contributed by atoms with Gasteiger partial charge in [0.1, 0.15) is 0 Å². The van der Waals surface area contributed by atoms with Gasteiger partial charge in [0.15, 0.2) is 0 Å². The van der Waals surface area contributed by atoms with Crippen LogP contribution in [-0.2, 0) is 11.2 Å². The molecule has 100 valence electrons. The largest absolute Gasteiger partial charge is 0.349 e. The lowest BCUT2D eigenvalue weighted by molar-refractivity contribution is -0.132. The first-order valence-corrected chi connectivity index (χ1v) is 6.37. The van der Waals surface area contributed by atoms with E-state index in [9.17, 15) is 4.79 Å². The van der Waals surface area contributed by atoms with Gasteiger partial charge in [0, 0.05) is 38.1 Å². The molecule has 0 saturated carbocycles. The molecule has 1 heterocycles. The fourth-order valence-corrected chi connectivity index (χ4v) is 2.11. The van der Waals surface area contributed by atoms with Gasteiger partial charge in [0.25, 0.3) is 0 Å². The molecule has 2 N–H and O–H groups in total. The Morgan fingerprint density at radius 2 is 2.00 bits per heavy atom. The zero-order valence-electron chi connectivity index (χ0n) is 11.3. The van der Waals surface area contributed by atoms with E-state index in [1.165, 1.54) is 0 Å². The molecular weight excluding hydrogens is 238 g/mol. The van der Waals surface area contributed by atoms with E-state index in [1.54, 1.807) is 19.0 Å². The third-order valence-electron chi connectivity index (χ3n) is 3.19. The van der Waals surface area contributed by atoms with Crippen LogP contribution in [0.1, 0.15) is 5.69 Å². The highest BCUT2D eigenvalue weighted by atomic mass is 16.2. The standard InChI is InChI=1S/C15H19N3O/c1-18(2)15(19)12(10-16)9-13-8-7-11-5-3-4-6-14(11)17-13/h3-8,12H,9-10,16H2,1-2H3. The molecule has 0 aliphatic heterocycles. The molecule has 2 rings (SSSR count). The van der Waals surface area contributed by atoms with E-state index < -0.39 is 0 Å². The van der Waals surface area contributed by atoms with E-state index in [4.69, 9.17) is 5.73 Å². The van der Waals surface area contributed by atoms with Gasteiger partial charge in [0.2, 0.25) is 5.91 Å². The number of rotatable bonds is 4. The van der Waals surface area contributed by atoms with E-state index >= 15 is 0 Å². The molecule has 4 heteroatoms. The number of para-hydroxylation sites is 1. The van der Waals surface area contributed by atoms with E-state index in [-0.39, 0.29) is 11.8 Å². The van der Waals surface area contributed by atoms with Crippen LogP contribution < -0.4 is 5.73 Å². The van der Waals surface area contributed by atoms with Gasteiger partial charge >= 0.3 is 0 Å². The first-order valence-electron chi connectivity index (χ1n) is 6.37. The van der Waals surface area contributed by atoms with Gasteiger partial charge in [-0.05, 0) is 12.1 Å². The molecule has 4 nitrogen and oxygen atoms in total. The SMILES string of the molecule is CN(C)C(=O)C(CN)Cc1ccc2ccccc2n1. The van der Waals surface area contributed by atoms with Gasteiger partial charge in [0.05, 0.1) is 11.4 Å². The third-order valence-corrected chi connectivity index (χ3v) is 3.19. The molecule has 1 aromatic carbocycles. The lowest BCUT2D eigenvalue weighted by Gasteiger charge is -2.18. The van der Waals surface area contributed by atoms with Crippen molar-refractivity contribution < 1.29 is 4.79 Å². The summed E-state index contributed by atoms with van der Waals surface area (Å²) in [7, 11) is 3.50. The molecule has 0 spiro atoms. The summed E-state index contributed by atoms with van der Waals surface area (Å²) in [5.41, 5.74) is 7.56. The Labute approximate surface area is 113 Å². The van der Waals surface area contributed by atoms with Crippen LogP contribution in [0, 0.1) is 5.92 Å². The Morgan fingerprint density at radius 1 is 1.26 bits per heavy atom. The van der Waals surface area contributed by atoms with Crippen LogP contribution in [0.15, 0.2) is 36.4 Å². The summed E-state index contributed by atoms with van der Waals surface area (Å²) in [6.45, 7) is 0.339. The van der Waals surface area contributed by atoms with Crippen molar-refractivity contribution in [2.24, 2.45) is 11.7 Å². The minimum Gasteiger partial charge on any atom is -0.349 e. The summed E-state index contributed by atoms with van der Waals surface area (Å²) >= 11 is 0. The minimum atomic E-state index is -0.205. The van der Waals surface area contributed by atoms with Crippen LogP contribution in [0.25, 0.3) is 10.9 Å². The second kappa shape index (κ2) is 5.80. The van der Waals surface area contributed by atoms with Gasteiger partial charge in [-0.25, -0.2) is 0 Å². The molecule has 19 heavy (non-hydrogen) atoms. The molecule has 1 unspecified atom stereocenters. The molecule has 0 aliphatic carbocycles. The van der Waals surface area contributed by atoms with Crippen molar-refractivity contribution in [2.75, 3.05) is 20.6 Å². The predicted molar refractivity (Wildman–Crippen MR) is 76.7 cm³/mol. The summed E-state index contributed by atoms with van der Waals surface area (Å²) < 4.78 is 0. The van der Waals surface area contributed by atoms with Crippen molar-refractivity contribution >= 4 is 16.8 Å². The van der Waals surface area contributed by atoms with Gasteiger partial charge in [-0.2, -0.15) is 0 Å². The smallest absolute Gasteiger partial charge is 0.226 e. The highest BCUT2D eigenvalue weighted by molar-refractivity contribution is 5.80. The van der Waals surface area contributed by atoms with Crippen LogP contribution in [0.5, 0.6) is 0 Å². The van der Waals surface area contributed by atoms with E-state index in [0.29, 0.717) is 13.0 Å². The second-order valence-corrected chi connectivity index (χ2v) is 4.86. The zero-order valence-corrected chi connectivity index (χ0v) is 11.3. The number of nitrogens with zero attached hydrogens (tertiary/aromatic N) is 2. The van der Waals surface area contributed by atoms with Crippen molar-refractivity contribution in [3.05, 3.63) is 42.1 Å². The monoisotopic (exact) mass is 257 g/mol. The van der Waals surface area contributed by atoms with Crippen LogP contribution in [0.3, 0.4) is 0 Å². The fourth-order valence-electron chi connectivity index (χ4n) is 2.11. The molecule has 0 fully saturated rings. The first-order chi connectivity index (χ1) is 9.11. The average Bonchev–Trinajstić information content (AvgIpc) is 2.43. The number of nitrogens with two attached hydrogens (primary N) is 1. The second-order valence-electron chi connectivity index (χ2n) is 4.86. The number of benzene rings is 1. The lowest BCUT2D eigenvalue weighted by atomic mass is 10.0. The van der Waals surface area contributed by atoms with Crippen molar-refractivity contribution in [3.8, 4) is 0 Å². The Bertz CT molecular complexity index is 580. The molecule has 0 saturated heterocycles. The zero-order chi connectivity index (χ0) is 13.8. The maximum atomic E-state index is 12.0. The van der Waals surface area contributed by atoms with Gasteiger partial charge in [-0.15, -0.1) is 0 Å². The number of fused-ring (bicyclic) bond motifs is 1. The van der Waals surface area contributed by atoms with Crippen molar-refractivity contribution in [2.45, 2.75) is 6.42 Å². The normalized spacial score (nSPS) is 12.4. The van der Waals surface area contributed by atoms with Gasteiger partial charge in [-0.3, -0.25) is 9.78 Å². The number of amides is 1. The number of hydrogen-bond acceptors (Lipinski definition) is 3. The van der Waals surface area contributed by atoms with Crippen LogP contribution in [-0.4, -0.2) is 36.4 Å². The first kappa shape index (κ1) is 13.5. The molecule has 2 aromatic rings. The number of pyridine rings is 1. The van der Waals surface area contributed by atoms with E-state index in [2.05, 4.69) is 4.98 Å². The van der Waals surface area contributed by atoms with E-state index in [0.717, 1.165) is 16.6 Å². The third kappa shape index (κ3) is 3.09. The van der Waals surface area contributed by atoms with E-state index in [1.807, 2.05) is 36.4 Å². The highest BCUT2D eigenvalue weighted by Gasteiger charge is 2.19. The summed E-state index contributed by atoms with van der Waals surface area (Å²) in [6.07, 6.45) is 0.582. The molecule has 0 radical (unpaired) electrons. The minimum absolute atomic E-state index is 0.0532. The van der Waals surface area contributed by atoms with Gasteiger partial charge < -0.3 is 10.6 Å². The Hall–Kier alpha value is -1.94. The van der Waals surface area contributed by atoms with Gasteiger partial charge in [-0.1, -0.05) is 24.3 Å². The summed E-state index contributed by atoms with van der Waals surface area (Å²) in [5.74, 6) is -0.152. The molecule has 0 aliphatic rings. The lowest BCUT2D eigenvalue weighted by Crippen LogP contribution is -2.35. The van der Waals surface area contributed by atoms with Crippen LogP contribution in [0.4, 0.5) is 0 Å². The summed E-state index contributed by atoms with van der Waals surface area (Å²) in [6, 6.07) is 12.0. The van der Waals surface area contributed by atoms with Crippen molar-refractivity contribution in [3.63, 3.8) is 0 Å². The number of hydrogen-bond donors (Lipinski definition) is 1. The van der Waals surface area contributed by atoms with Crippen LogP contribution in [0.2, 0.25) is 0 Å². The summed E-state index contributed by atoms with van der Waals surface area (Å²) in [4.78, 5) is 18.1. The Balaban J connectivity index is 2.22. The fraction of sp³-hybridized carbons (Fsp3) is 0.333. The quantitative estimate of drug-likeness (QED) is 0.901. The number of aromatic nitrogens is 1. The number of carbonyl (C=O) groups excluding carboxylic acids is 1. The van der Waals surface area contributed by atoms with Crippen molar-refractivity contribution in [1.82, 2.24) is 9.88 Å². The average molecular weight is 257 g/mol. The topological polar surface area (TPSA) is 59.2 Å². The Kier molecular flexibility index (Phi) is 4.12. The number of carbonyl (C=O) groups is 1. The molecule has 0 bridgehead atoms. The summed E-state index contributed by atoms with van der Waals surface area (Å²) in [5, 5.41) is 1.11. The molecule has 1 amide bonds. The predicted octanol–water partition coefficient (Wildman–Crippen LogP) is 1.44. The maximum absolute atomic E-state index is 12.0. The van der Waals surface area contributed by atoms with Crippen LogP contribution >= 0.6 is 0 Å². The molecular formula is C15H19N3O. The Morgan fingerprint density at radius 3 is 2.68 bits per heavy atom. The molecule has 1 atom stereocenters. The highest BCUT2D eigenvalue weighted by Crippen LogP contribution is 2.14.